The second-order valence-electron chi connectivity index (χ2n) is 6.19. The van der Waals surface area contributed by atoms with Gasteiger partial charge < -0.3 is 15.2 Å². The molecule has 9 heteroatoms. The molecule has 0 aliphatic carbocycles. The smallest absolute Gasteiger partial charge is 0.426 e. The Kier molecular flexibility index (Phi) is 5.00. The number of nitrogens with zero attached hydrogens (tertiary/aromatic N) is 1. The van der Waals surface area contributed by atoms with Gasteiger partial charge in [0.05, 0.1) is 0 Å². The average molecular weight is 315 g/mol. The molecule has 0 bridgehead atoms. The van der Waals surface area contributed by atoms with Gasteiger partial charge in [-0.25, -0.2) is 15.2 Å². The van der Waals surface area contributed by atoms with Crippen molar-refractivity contribution in [3.63, 3.8) is 0 Å². The number of hydrogen-bond acceptors (Lipinski definition) is 5. The van der Waals surface area contributed by atoms with Crippen LogP contribution in [0.4, 0.5) is 4.79 Å². The highest BCUT2D eigenvalue weighted by atomic mass is 16.6. The van der Waals surface area contributed by atoms with Crippen LogP contribution in [0.3, 0.4) is 0 Å². The number of amides is 3. The summed E-state index contributed by atoms with van der Waals surface area (Å²) in [6, 6.07) is 0. The van der Waals surface area contributed by atoms with Crippen molar-refractivity contribution in [2.75, 3.05) is 6.54 Å². The van der Waals surface area contributed by atoms with Crippen LogP contribution < -0.4 is 10.7 Å². The highest BCUT2D eigenvalue weighted by Gasteiger charge is 2.49. The van der Waals surface area contributed by atoms with Crippen molar-refractivity contribution in [3.8, 4) is 0 Å². The third-order valence-corrected chi connectivity index (χ3v) is 3.06. The van der Waals surface area contributed by atoms with Crippen molar-refractivity contribution in [3.05, 3.63) is 0 Å². The van der Waals surface area contributed by atoms with Gasteiger partial charge in [0.15, 0.2) is 0 Å². The zero-order valence-corrected chi connectivity index (χ0v) is 13.1. The predicted octanol–water partition coefficient (Wildman–Crippen LogP) is 0.00800. The van der Waals surface area contributed by atoms with Crippen LogP contribution in [0.2, 0.25) is 0 Å². The average Bonchev–Trinajstić information content (AvgIpc) is 2.63. The molecule has 3 amide bonds. The maximum absolute atomic E-state index is 12.1. The molecular formula is C13H21N3O6. The molecule has 1 atom stereocenters. The molecule has 1 aliphatic rings. The Morgan fingerprint density at radius 3 is 2.45 bits per heavy atom. The number of aliphatic carboxylic acids is 1. The first-order chi connectivity index (χ1) is 9.95. The Morgan fingerprint density at radius 1 is 1.36 bits per heavy atom. The molecule has 0 radical (unpaired) electrons. The number of carboxylic acids is 1. The van der Waals surface area contributed by atoms with Gasteiger partial charge in [0.25, 0.3) is 0 Å². The summed E-state index contributed by atoms with van der Waals surface area (Å²) in [5.41, 5.74) is 0.146. The standard InChI is InChI=1S/C13H21N3O6/c1-12(2,3)22-11(21)15-16-8(17)5-6-13(16,4)10(20)14-7-9(18)19/h5-7H2,1-4H3,(H,14,20)(H,15,21)(H,18,19). The van der Waals surface area contributed by atoms with Crippen LogP contribution in [0, 0.1) is 0 Å². The molecule has 1 heterocycles. The number of nitrogens with one attached hydrogen (secondary N) is 2. The highest BCUT2D eigenvalue weighted by molar-refractivity contribution is 5.96. The van der Waals surface area contributed by atoms with Crippen LogP contribution in [-0.4, -0.2) is 51.7 Å². The number of carbonyl (C=O) groups is 4. The van der Waals surface area contributed by atoms with Crippen LogP contribution in [0.5, 0.6) is 0 Å². The van der Waals surface area contributed by atoms with E-state index in [1.54, 1.807) is 20.8 Å². The fraction of sp³-hybridized carbons (Fsp3) is 0.692. The van der Waals surface area contributed by atoms with Crippen molar-refractivity contribution < 1.29 is 29.0 Å². The summed E-state index contributed by atoms with van der Waals surface area (Å²) in [6.07, 6.45) is -0.639. The lowest BCUT2D eigenvalue weighted by Crippen LogP contribution is -2.61. The summed E-state index contributed by atoms with van der Waals surface area (Å²) < 4.78 is 5.05. The molecule has 1 unspecified atom stereocenters. The second-order valence-corrected chi connectivity index (χ2v) is 6.19. The SMILES string of the molecule is CC(C)(C)OC(=O)NN1C(=O)CCC1(C)C(=O)NCC(=O)O. The normalized spacial score (nSPS) is 21.5. The van der Waals surface area contributed by atoms with Crippen LogP contribution in [0.25, 0.3) is 0 Å². The van der Waals surface area contributed by atoms with E-state index in [0.717, 1.165) is 5.01 Å². The Bertz CT molecular complexity index is 498. The summed E-state index contributed by atoms with van der Waals surface area (Å²) >= 11 is 0. The molecule has 1 rings (SSSR count). The van der Waals surface area contributed by atoms with Crippen molar-refractivity contribution in [2.24, 2.45) is 0 Å². The summed E-state index contributed by atoms with van der Waals surface area (Å²) in [5.74, 6) is -2.30. The first-order valence-corrected chi connectivity index (χ1v) is 6.78. The maximum Gasteiger partial charge on any atom is 0.426 e. The number of rotatable bonds is 4. The molecule has 124 valence electrons. The number of hydrazine groups is 1. The summed E-state index contributed by atoms with van der Waals surface area (Å²) in [5, 5.41) is 11.7. The number of ether oxygens (including phenoxy) is 1. The van der Waals surface area contributed by atoms with E-state index >= 15 is 0 Å². The third-order valence-electron chi connectivity index (χ3n) is 3.06. The minimum atomic E-state index is -1.36. The lowest BCUT2D eigenvalue weighted by Gasteiger charge is -2.34. The van der Waals surface area contributed by atoms with E-state index in [1.807, 2.05) is 0 Å². The molecule has 0 aromatic carbocycles. The van der Waals surface area contributed by atoms with Gasteiger partial charge in [-0.05, 0) is 34.1 Å². The Labute approximate surface area is 127 Å². The Hall–Kier alpha value is -2.32. The van der Waals surface area contributed by atoms with Gasteiger partial charge in [0, 0.05) is 6.42 Å². The van der Waals surface area contributed by atoms with E-state index in [9.17, 15) is 19.2 Å². The Balaban J connectivity index is 2.81. The van der Waals surface area contributed by atoms with Crippen LogP contribution in [0.1, 0.15) is 40.5 Å². The third kappa shape index (κ3) is 4.34. The zero-order chi connectivity index (χ0) is 17.1. The monoisotopic (exact) mass is 315 g/mol. The van der Waals surface area contributed by atoms with Gasteiger partial charge in [-0.1, -0.05) is 0 Å². The van der Waals surface area contributed by atoms with Crippen LogP contribution in [0.15, 0.2) is 0 Å². The zero-order valence-electron chi connectivity index (χ0n) is 13.1. The molecule has 1 saturated heterocycles. The molecular weight excluding hydrogens is 294 g/mol. The minimum absolute atomic E-state index is 0.0623. The maximum atomic E-state index is 12.1. The molecule has 1 fully saturated rings. The van der Waals surface area contributed by atoms with Gasteiger partial charge in [0.1, 0.15) is 17.7 Å². The van der Waals surface area contributed by atoms with E-state index < -0.39 is 41.6 Å². The second kappa shape index (κ2) is 6.20. The molecule has 0 spiro atoms. The largest absolute Gasteiger partial charge is 0.480 e. The molecule has 0 saturated carbocycles. The van der Waals surface area contributed by atoms with E-state index in [1.165, 1.54) is 6.92 Å². The van der Waals surface area contributed by atoms with Crippen LogP contribution in [-0.2, 0) is 19.1 Å². The minimum Gasteiger partial charge on any atom is -0.480 e. The van der Waals surface area contributed by atoms with Crippen molar-refractivity contribution in [2.45, 2.75) is 51.7 Å². The molecule has 0 aromatic heterocycles. The van der Waals surface area contributed by atoms with Crippen LogP contribution >= 0.6 is 0 Å². The summed E-state index contributed by atoms with van der Waals surface area (Å²) in [7, 11) is 0. The number of hydrogen-bond donors (Lipinski definition) is 3. The van der Waals surface area contributed by atoms with Gasteiger partial charge >= 0.3 is 12.1 Å². The Morgan fingerprint density at radius 2 is 1.95 bits per heavy atom. The lowest BCUT2D eigenvalue weighted by molar-refractivity contribution is -0.145. The molecule has 9 nitrogen and oxygen atoms in total. The number of carboxylic acid groups (broad SMARTS) is 1. The first-order valence-electron chi connectivity index (χ1n) is 6.78. The molecule has 3 N–H and O–H groups in total. The fourth-order valence-corrected chi connectivity index (χ4v) is 1.99. The number of carbonyl (C=O) groups excluding carboxylic acids is 3. The van der Waals surface area contributed by atoms with Crippen molar-refractivity contribution in [1.29, 1.82) is 0 Å². The molecule has 22 heavy (non-hydrogen) atoms. The van der Waals surface area contributed by atoms with E-state index in [2.05, 4.69) is 10.7 Å². The summed E-state index contributed by atoms with van der Waals surface area (Å²) in [4.78, 5) is 46.3. The van der Waals surface area contributed by atoms with Gasteiger partial charge in [-0.2, -0.15) is 0 Å². The topological polar surface area (TPSA) is 125 Å². The van der Waals surface area contributed by atoms with Gasteiger partial charge in [-0.15, -0.1) is 0 Å². The van der Waals surface area contributed by atoms with Crippen molar-refractivity contribution >= 4 is 23.9 Å². The van der Waals surface area contributed by atoms with Gasteiger partial charge in [0.2, 0.25) is 11.8 Å². The predicted molar refractivity (Wildman–Crippen MR) is 74.5 cm³/mol. The summed E-state index contributed by atoms with van der Waals surface area (Å²) in [6.45, 7) is 5.88. The van der Waals surface area contributed by atoms with Gasteiger partial charge in [-0.3, -0.25) is 14.4 Å². The highest BCUT2D eigenvalue weighted by Crippen LogP contribution is 2.28. The van der Waals surface area contributed by atoms with E-state index in [4.69, 9.17) is 9.84 Å². The van der Waals surface area contributed by atoms with E-state index in [-0.39, 0.29) is 12.8 Å². The van der Waals surface area contributed by atoms with Crippen molar-refractivity contribution in [1.82, 2.24) is 15.8 Å². The van der Waals surface area contributed by atoms with E-state index in [0.29, 0.717) is 0 Å². The molecule has 1 aliphatic heterocycles. The quantitative estimate of drug-likeness (QED) is 0.671. The first kappa shape index (κ1) is 17.7. The molecule has 0 aromatic rings. The lowest BCUT2D eigenvalue weighted by atomic mass is 9.99. The fourth-order valence-electron chi connectivity index (χ4n) is 1.99.